The molecular weight excluding hydrogens is 208 g/mol. The summed E-state index contributed by atoms with van der Waals surface area (Å²) in [6, 6.07) is 0. The second-order valence-electron chi connectivity index (χ2n) is 4.32. The van der Waals surface area contributed by atoms with Gasteiger partial charge in [0.1, 0.15) is 0 Å². The lowest BCUT2D eigenvalue weighted by atomic mass is 10.4. The molecule has 0 aromatic carbocycles. The Labute approximate surface area is 99.4 Å². The van der Waals surface area contributed by atoms with Crippen molar-refractivity contribution < 1.29 is 0 Å². The highest BCUT2D eigenvalue weighted by Gasteiger charge is 2.10. The van der Waals surface area contributed by atoms with Crippen molar-refractivity contribution in [2.45, 2.75) is 25.7 Å². The lowest BCUT2D eigenvalue weighted by Gasteiger charge is -2.10. The smallest absolute Gasteiger partial charge is 0.0602 e. The summed E-state index contributed by atoms with van der Waals surface area (Å²) in [5.74, 6) is 6.58. The predicted molar refractivity (Wildman–Crippen MR) is 66.4 cm³/mol. The van der Waals surface area contributed by atoms with Crippen LogP contribution < -0.4 is 0 Å². The van der Waals surface area contributed by atoms with E-state index in [1.54, 1.807) is 0 Å². The van der Waals surface area contributed by atoms with Crippen molar-refractivity contribution in [3.05, 3.63) is 0 Å². The van der Waals surface area contributed by atoms with Gasteiger partial charge in [-0.2, -0.15) is 0 Å². The highest BCUT2D eigenvalue weighted by molar-refractivity contribution is 5.85. The lowest BCUT2D eigenvalue weighted by molar-refractivity contribution is 0.377. The topological polar surface area (TPSA) is 6.48 Å². The maximum absolute atomic E-state index is 3.29. The Kier molecular flexibility index (Phi) is 6.09. The van der Waals surface area contributed by atoms with Gasteiger partial charge in [-0.3, -0.25) is 9.80 Å². The summed E-state index contributed by atoms with van der Waals surface area (Å²) < 4.78 is 0. The van der Waals surface area contributed by atoms with Crippen molar-refractivity contribution in [2.75, 3.05) is 39.3 Å². The minimum absolute atomic E-state index is 0. The monoisotopic (exact) mass is 228 g/mol. The van der Waals surface area contributed by atoms with Crippen LogP contribution in [0.3, 0.4) is 0 Å². The molecule has 0 aromatic heterocycles. The zero-order chi connectivity index (χ0) is 9.64. The number of nitrogens with zero attached hydrogens (tertiary/aromatic N) is 2. The molecule has 0 spiro atoms. The largest absolute Gasteiger partial charge is 0.292 e. The van der Waals surface area contributed by atoms with Gasteiger partial charge in [0.2, 0.25) is 0 Å². The van der Waals surface area contributed by atoms with E-state index in [1.807, 2.05) is 0 Å². The molecule has 86 valence electrons. The minimum atomic E-state index is 0. The van der Waals surface area contributed by atoms with Gasteiger partial charge in [0.25, 0.3) is 0 Å². The van der Waals surface area contributed by atoms with Gasteiger partial charge >= 0.3 is 0 Å². The summed E-state index contributed by atoms with van der Waals surface area (Å²) in [6.07, 6.45) is 5.48. The molecule has 2 aliphatic heterocycles. The molecule has 0 N–H and O–H groups in total. The van der Waals surface area contributed by atoms with Crippen LogP contribution >= 0.6 is 12.4 Å². The molecule has 2 rings (SSSR count). The van der Waals surface area contributed by atoms with Gasteiger partial charge < -0.3 is 0 Å². The molecule has 3 heteroatoms. The molecule has 0 aliphatic carbocycles. The lowest BCUT2D eigenvalue weighted by Crippen LogP contribution is -2.21. The van der Waals surface area contributed by atoms with Crippen molar-refractivity contribution in [1.82, 2.24) is 9.80 Å². The maximum Gasteiger partial charge on any atom is 0.0602 e. The van der Waals surface area contributed by atoms with Crippen LogP contribution in [-0.4, -0.2) is 49.1 Å². The first kappa shape index (κ1) is 12.8. The van der Waals surface area contributed by atoms with Gasteiger partial charge in [-0.25, -0.2) is 0 Å². The number of halogens is 1. The van der Waals surface area contributed by atoms with E-state index in [0.717, 1.165) is 13.1 Å². The molecule has 2 heterocycles. The van der Waals surface area contributed by atoms with Crippen LogP contribution in [0.15, 0.2) is 0 Å². The molecule has 2 aliphatic rings. The predicted octanol–water partition coefficient (Wildman–Crippen LogP) is 1.60. The fraction of sp³-hybridized carbons (Fsp3) is 0.833. The van der Waals surface area contributed by atoms with E-state index in [-0.39, 0.29) is 12.4 Å². The maximum atomic E-state index is 3.29. The van der Waals surface area contributed by atoms with Crippen LogP contribution in [0.5, 0.6) is 0 Å². The van der Waals surface area contributed by atoms with E-state index < -0.39 is 0 Å². The Balaban J connectivity index is 0.00000112. The summed E-state index contributed by atoms with van der Waals surface area (Å²) in [5, 5.41) is 0. The van der Waals surface area contributed by atoms with E-state index in [4.69, 9.17) is 0 Å². The van der Waals surface area contributed by atoms with Gasteiger partial charge in [-0.1, -0.05) is 11.8 Å². The van der Waals surface area contributed by atoms with Crippen LogP contribution in [0, 0.1) is 11.8 Å². The Morgan fingerprint density at radius 2 is 1.00 bits per heavy atom. The molecule has 2 fully saturated rings. The summed E-state index contributed by atoms with van der Waals surface area (Å²) in [7, 11) is 0. The fourth-order valence-corrected chi connectivity index (χ4v) is 2.22. The van der Waals surface area contributed by atoms with Crippen molar-refractivity contribution in [2.24, 2.45) is 0 Å². The normalized spacial score (nSPS) is 22.1. The highest BCUT2D eigenvalue weighted by atomic mass is 35.5. The minimum Gasteiger partial charge on any atom is -0.292 e. The standard InChI is InChI=1S/C12H20N2.ClH/c1-2-8-13(7-1)11-5-6-12-14-9-3-4-10-14;/h1-4,7-12H2;1H. The zero-order valence-corrected chi connectivity index (χ0v) is 10.2. The Morgan fingerprint density at radius 3 is 1.33 bits per heavy atom. The van der Waals surface area contributed by atoms with Crippen molar-refractivity contribution in [1.29, 1.82) is 0 Å². The van der Waals surface area contributed by atoms with E-state index >= 15 is 0 Å². The van der Waals surface area contributed by atoms with Gasteiger partial charge in [0.15, 0.2) is 0 Å². The first-order chi connectivity index (χ1) is 6.95. The van der Waals surface area contributed by atoms with Crippen LogP contribution in [-0.2, 0) is 0 Å². The second kappa shape index (κ2) is 7.11. The Morgan fingerprint density at radius 1 is 0.667 bits per heavy atom. The molecule has 0 bridgehead atoms. The quantitative estimate of drug-likeness (QED) is 0.663. The third-order valence-corrected chi connectivity index (χ3v) is 3.13. The van der Waals surface area contributed by atoms with E-state index in [0.29, 0.717) is 0 Å². The average molecular weight is 229 g/mol. The Hall–Kier alpha value is -0.230. The van der Waals surface area contributed by atoms with Crippen LogP contribution in [0.1, 0.15) is 25.7 Å². The number of rotatable bonds is 2. The molecule has 0 aromatic rings. The van der Waals surface area contributed by atoms with Gasteiger partial charge in [0, 0.05) is 0 Å². The third kappa shape index (κ3) is 4.42. The molecule has 2 nitrogen and oxygen atoms in total. The average Bonchev–Trinajstić information content (AvgIpc) is 2.86. The zero-order valence-electron chi connectivity index (χ0n) is 9.37. The SMILES string of the molecule is C(#CCN1CCCC1)CN1CCCC1.Cl. The molecule has 15 heavy (non-hydrogen) atoms. The van der Waals surface area contributed by atoms with Crippen LogP contribution in [0.4, 0.5) is 0 Å². The summed E-state index contributed by atoms with van der Waals surface area (Å²) in [6.45, 7) is 7.04. The molecular formula is C12H21ClN2. The Bertz CT molecular complexity index is 198. The second-order valence-corrected chi connectivity index (χ2v) is 4.32. The number of hydrogen-bond acceptors (Lipinski definition) is 2. The van der Waals surface area contributed by atoms with Crippen molar-refractivity contribution >= 4 is 12.4 Å². The molecule has 0 amide bonds. The van der Waals surface area contributed by atoms with Crippen LogP contribution in [0.25, 0.3) is 0 Å². The molecule has 0 radical (unpaired) electrons. The first-order valence-corrected chi connectivity index (χ1v) is 5.85. The van der Waals surface area contributed by atoms with Crippen molar-refractivity contribution in [3.8, 4) is 11.8 Å². The molecule has 2 saturated heterocycles. The molecule has 0 unspecified atom stereocenters. The van der Waals surface area contributed by atoms with Gasteiger partial charge in [0.05, 0.1) is 13.1 Å². The van der Waals surface area contributed by atoms with Crippen LogP contribution in [0.2, 0.25) is 0 Å². The first-order valence-electron chi connectivity index (χ1n) is 5.85. The summed E-state index contributed by atoms with van der Waals surface area (Å²) >= 11 is 0. The molecule has 0 saturated carbocycles. The third-order valence-electron chi connectivity index (χ3n) is 3.13. The van der Waals surface area contributed by atoms with Crippen molar-refractivity contribution in [3.63, 3.8) is 0 Å². The fourth-order valence-electron chi connectivity index (χ4n) is 2.22. The number of likely N-dealkylation sites (tertiary alicyclic amines) is 2. The van der Waals surface area contributed by atoms with E-state index in [1.165, 1.54) is 51.9 Å². The van der Waals surface area contributed by atoms with Gasteiger partial charge in [-0.05, 0) is 51.9 Å². The molecule has 0 atom stereocenters. The van der Waals surface area contributed by atoms with E-state index in [2.05, 4.69) is 21.6 Å². The van der Waals surface area contributed by atoms with E-state index in [9.17, 15) is 0 Å². The van der Waals surface area contributed by atoms with Gasteiger partial charge in [-0.15, -0.1) is 12.4 Å². The summed E-state index contributed by atoms with van der Waals surface area (Å²) in [4.78, 5) is 4.91. The number of hydrogen-bond donors (Lipinski definition) is 0. The highest BCUT2D eigenvalue weighted by Crippen LogP contribution is 2.06. The summed E-state index contributed by atoms with van der Waals surface area (Å²) in [5.41, 5.74) is 0.